The van der Waals surface area contributed by atoms with Gasteiger partial charge >= 0.3 is 5.97 Å². The van der Waals surface area contributed by atoms with Crippen molar-refractivity contribution in [2.24, 2.45) is 10.9 Å². The fraction of sp³-hybridized carbons (Fsp3) is 0.333. The van der Waals surface area contributed by atoms with Crippen molar-refractivity contribution < 1.29 is 13.9 Å². The third kappa shape index (κ3) is 3.82. The highest BCUT2D eigenvalue weighted by Gasteiger charge is 2.53. The zero-order valence-electron chi connectivity index (χ0n) is 18.2. The van der Waals surface area contributed by atoms with Gasteiger partial charge in [0, 0.05) is 10.7 Å². The number of fused-ring (bicyclic) bond motifs is 1. The van der Waals surface area contributed by atoms with Gasteiger partial charge in [-0.1, -0.05) is 55.2 Å². The molecule has 2 aromatic carbocycles. The Morgan fingerprint density at radius 2 is 1.94 bits per heavy atom. The molecule has 0 N–H and O–H groups in total. The second-order valence-electron chi connectivity index (χ2n) is 8.19. The Kier molecular flexibility index (Phi) is 6.31. The summed E-state index contributed by atoms with van der Waals surface area (Å²) in [5.41, 5.74) is 1.69. The van der Waals surface area contributed by atoms with Gasteiger partial charge in [-0.2, -0.15) is 0 Å². The van der Waals surface area contributed by atoms with Crippen LogP contribution in [0.1, 0.15) is 44.9 Å². The Bertz CT molecular complexity index is 1130. The van der Waals surface area contributed by atoms with Crippen molar-refractivity contribution in [1.82, 2.24) is 4.90 Å². The average molecular weight is 493 g/mol. The number of aliphatic imine (C=N–C) groups is 1. The molecule has 8 heteroatoms. The van der Waals surface area contributed by atoms with Crippen LogP contribution in [0, 0.1) is 11.7 Å². The van der Waals surface area contributed by atoms with Crippen LogP contribution in [0.5, 0.6) is 0 Å². The van der Waals surface area contributed by atoms with Gasteiger partial charge < -0.3 is 9.64 Å². The molecule has 2 aromatic rings. The van der Waals surface area contributed by atoms with Crippen LogP contribution in [0.3, 0.4) is 0 Å². The second kappa shape index (κ2) is 8.73. The predicted molar refractivity (Wildman–Crippen MR) is 128 cm³/mol. The summed E-state index contributed by atoms with van der Waals surface area (Å²) < 4.78 is 19.8. The topological polar surface area (TPSA) is 41.9 Å². The van der Waals surface area contributed by atoms with Gasteiger partial charge in [0.15, 0.2) is 5.17 Å². The van der Waals surface area contributed by atoms with Gasteiger partial charge in [0.05, 0.1) is 17.7 Å². The summed E-state index contributed by atoms with van der Waals surface area (Å²) in [7, 11) is 0. The lowest BCUT2D eigenvalue weighted by molar-refractivity contribution is -0.137. The minimum Gasteiger partial charge on any atom is -0.462 e. The third-order valence-corrected chi connectivity index (χ3v) is 7.32. The van der Waals surface area contributed by atoms with Gasteiger partial charge in [0.25, 0.3) is 0 Å². The molecular formula is C24H23Cl2FN2O2S. The van der Waals surface area contributed by atoms with E-state index in [0.29, 0.717) is 27.3 Å². The number of halogens is 3. The third-order valence-electron chi connectivity index (χ3n) is 5.71. The van der Waals surface area contributed by atoms with Gasteiger partial charge in [-0.25, -0.2) is 14.2 Å². The lowest BCUT2D eigenvalue weighted by Crippen LogP contribution is -2.36. The van der Waals surface area contributed by atoms with Crippen molar-refractivity contribution in [3.63, 3.8) is 0 Å². The summed E-state index contributed by atoms with van der Waals surface area (Å²) in [4.78, 5) is 20.4. The van der Waals surface area contributed by atoms with Crippen molar-refractivity contribution in [1.29, 1.82) is 0 Å². The van der Waals surface area contributed by atoms with E-state index in [-0.39, 0.29) is 23.0 Å². The molecule has 2 aliphatic heterocycles. The molecule has 2 atom stereocenters. The van der Waals surface area contributed by atoms with Gasteiger partial charge in [0.2, 0.25) is 0 Å². The van der Waals surface area contributed by atoms with Gasteiger partial charge in [0.1, 0.15) is 16.3 Å². The Hall–Kier alpha value is -2.02. The second-order valence-corrected chi connectivity index (χ2v) is 10.0. The summed E-state index contributed by atoms with van der Waals surface area (Å²) in [5, 5.41) is 1.37. The molecule has 168 valence electrons. The summed E-state index contributed by atoms with van der Waals surface area (Å²) in [6.07, 6.45) is 0. The average Bonchev–Trinajstić information content (AvgIpc) is 3.24. The fourth-order valence-electron chi connectivity index (χ4n) is 4.28. The van der Waals surface area contributed by atoms with Gasteiger partial charge in [-0.3, -0.25) is 0 Å². The first-order valence-corrected chi connectivity index (χ1v) is 11.9. The number of ether oxygens (including phenoxy) is 1. The number of benzene rings is 2. The minimum absolute atomic E-state index is 0.0358. The molecule has 4 nitrogen and oxygen atoms in total. The first-order valence-electron chi connectivity index (χ1n) is 10.4. The highest BCUT2D eigenvalue weighted by Crippen LogP contribution is 2.56. The molecule has 0 saturated carbocycles. The Balaban J connectivity index is 1.91. The quantitative estimate of drug-likeness (QED) is 0.424. The number of allylic oxidation sites excluding steroid dienone is 1. The molecule has 2 unspecified atom stereocenters. The van der Waals surface area contributed by atoms with Crippen molar-refractivity contribution >= 4 is 46.1 Å². The molecule has 0 amide bonds. The fourth-order valence-corrected chi connectivity index (χ4v) is 5.82. The zero-order chi connectivity index (χ0) is 23.2. The van der Waals surface area contributed by atoms with Crippen molar-refractivity contribution in [3.05, 3.63) is 80.1 Å². The van der Waals surface area contributed by atoms with E-state index in [9.17, 15) is 9.18 Å². The van der Waals surface area contributed by atoms with Crippen molar-refractivity contribution in [2.45, 2.75) is 39.3 Å². The Morgan fingerprint density at radius 1 is 1.25 bits per heavy atom. The summed E-state index contributed by atoms with van der Waals surface area (Å²) in [5.74, 6) is -0.812. The molecule has 32 heavy (non-hydrogen) atoms. The lowest BCUT2D eigenvalue weighted by atomic mass is 9.81. The maximum absolute atomic E-state index is 14.4. The van der Waals surface area contributed by atoms with Crippen LogP contribution in [0.25, 0.3) is 0 Å². The van der Waals surface area contributed by atoms with Crippen LogP contribution in [0.15, 0.2) is 58.1 Å². The Morgan fingerprint density at radius 3 is 2.53 bits per heavy atom. The SMILES string of the molecule is CCOC(=O)C1=C(C(C)C)N2C(=NC(C)(c3ccc(Cl)c(F)c3)C2c2ccc(Cl)cc2)S1. The van der Waals surface area contributed by atoms with Crippen LogP contribution in [0.4, 0.5) is 4.39 Å². The van der Waals surface area contributed by atoms with Crippen LogP contribution in [-0.2, 0) is 15.1 Å². The number of carbonyl (C=O) groups excluding carboxylic acids is 1. The number of hydrogen-bond acceptors (Lipinski definition) is 5. The number of esters is 1. The first-order chi connectivity index (χ1) is 15.2. The molecule has 0 bridgehead atoms. The standard InChI is InChI=1S/C24H23Cl2FN2O2S/c1-5-31-22(30)20-19(13(2)3)29-21(14-6-9-16(25)10-7-14)24(4,28-23(29)32-20)15-8-11-17(26)18(27)12-15/h6-13,21H,5H2,1-4H3. The van der Waals surface area contributed by atoms with Gasteiger partial charge in [-0.05, 0) is 66.9 Å². The van der Waals surface area contributed by atoms with E-state index in [1.165, 1.54) is 17.8 Å². The minimum atomic E-state index is -0.818. The highest BCUT2D eigenvalue weighted by atomic mass is 35.5. The zero-order valence-corrected chi connectivity index (χ0v) is 20.5. The van der Waals surface area contributed by atoms with E-state index in [2.05, 4.69) is 4.90 Å². The normalized spacial score (nSPS) is 22.4. The molecule has 0 radical (unpaired) electrons. The molecule has 2 heterocycles. The van der Waals surface area contributed by atoms with Gasteiger partial charge in [-0.15, -0.1) is 0 Å². The monoisotopic (exact) mass is 492 g/mol. The first kappa shape index (κ1) is 23.1. The number of amidine groups is 1. The van der Waals surface area contributed by atoms with Crippen LogP contribution < -0.4 is 0 Å². The highest BCUT2D eigenvalue weighted by molar-refractivity contribution is 8.18. The van der Waals surface area contributed by atoms with E-state index in [1.54, 1.807) is 19.1 Å². The maximum Gasteiger partial charge on any atom is 0.346 e. The number of rotatable bonds is 5. The maximum atomic E-state index is 14.4. The number of hydrogen-bond donors (Lipinski definition) is 0. The summed E-state index contributed by atoms with van der Waals surface area (Å²) in [6.45, 7) is 8.13. The largest absolute Gasteiger partial charge is 0.462 e. The Labute approximate surface area is 201 Å². The van der Waals surface area contributed by atoms with Crippen molar-refractivity contribution in [3.8, 4) is 0 Å². The molecular weight excluding hydrogens is 470 g/mol. The van der Waals surface area contributed by atoms with E-state index in [1.807, 2.05) is 45.0 Å². The molecule has 0 aromatic heterocycles. The molecule has 0 aliphatic carbocycles. The van der Waals surface area contributed by atoms with E-state index in [4.69, 9.17) is 32.9 Å². The number of thioether (sulfide) groups is 1. The summed E-state index contributed by atoms with van der Waals surface area (Å²) in [6, 6.07) is 12.0. The summed E-state index contributed by atoms with van der Waals surface area (Å²) >= 11 is 13.4. The number of nitrogens with zero attached hydrogens (tertiary/aromatic N) is 2. The smallest absolute Gasteiger partial charge is 0.346 e. The van der Waals surface area contributed by atoms with E-state index >= 15 is 0 Å². The van der Waals surface area contributed by atoms with E-state index in [0.717, 1.165) is 11.3 Å². The molecule has 4 rings (SSSR count). The molecule has 0 fully saturated rings. The van der Waals surface area contributed by atoms with E-state index < -0.39 is 11.4 Å². The molecule has 0 saturated heterocycles. The predicted octanol–water partition coefficient (Wildman–Crippen LogP) is 6.94. The van der Waals surface area contributed by atoms with Crippen molar-refractivity contribution in [2.75, 3.05) is 6.61 Å². The lowest BCUT2D eigenvalue weighted by Gasteiger charge is -2.37. The molecule has 0 spiro atoms. The molecule has 2 aliphatic rings. The van der Waals surface area contributed by atoms with Crippen LogP contribution in [0.2, 0.25) is 10.0 Å². The van der Waals surface area contributed by atoms with Crippen LogP contribution >= 0.6 is 35.0 Å². The van der Waals surface area contributed by atoms with Crippen LogP contribution in [-0.4, -0.2) is 22.6 Å². The number of carbonyl (C=O) groups is 1.